The molecule has 5 heteroatoms. The lowest BCUT2D eigenvalue weighted by Crippen LogP contribution is -2.06. The Morgan fingerprint density at radius 3 is 2.75 bits per heavy atom. The molecule has 1 aromatic carbocycles. The van der Waals surface area contributed by atoms with Crippen LogP contribution in [-0.2, 0) is 0 Å². The van der Waals surface area contributed by atoms with Crippen molar-refractivity contribution in [1.29, 1.82) is 5.26 Å². The zero-order valence-electron chi connectivity index (χ0n) is 11.4. The predicted octanol–water partition coefficient (Wildman–Crippen LogP) is 4.02. The smallest absolute Gasteiger partial charge is 0.138 e. The molecule has 0 amide bonds. The molecule has 0 spiro atoms. The van der Waals surface area contributed by atoms with E-state index in [1.54, 1.807) is 12.1 Å². The summed E-state index contributed by atoms with van der Waals surface area (Å²) in [6.45, 7) is 4.06. The molecule has 1 atom stereocenters. The van der Waals surface area contributed by atoms with E-state index in [1.165, 1.54) is 0 Å². The van der Waals surface area contributed by atoms with E-state index in [-0.39, 0.29) is 5.92 Å². The van der Waals surface area contributed by atoms with Gasteiger partial charge in [0.15, 0.2) is 0 Å². The fourth-order valence-corrected chi connectivity index (χ4v) is 2.30. The standard InChI is InChI=1S/C15H15ClN2O2/c1-10-15(11(2)20-18-10)12(9-17)7-8-19-14-6-4-3-5-13(14)16/h3-6,12H,7-8H2,1-2H3. The average molecular weight is 291 g/mol. The molecule has 0 aliphatic carbocycles. The number of ether oxygens (including phenoxy) is 1. The first-order chi connectivity index (χ1) is 9.63. The molecule has 0 saturated carbocycles. The normalized spacial score (nSPS) is 11.9. The summed E-state index contributed by atoms with van der Waals surface area (Å²) in [7, 11) is 0. The van der Waals surface area contributed by atoms with Gasteiger partial charge in [0.25, 0.3) is 0 Å². The SMILES string of the molecule is Cc1noc(C)c1C(C#N)CCOc1ccccc1Cl. The lowest BCUT2D eigenvalue weighted by molar-refractivity contribution is 0.305. The molecule has 0 aliphatic heterocycles. The van der Waals surface area contributed by atoms with Crippen molar-refractivity contribution < 1.29 is 9.26 Å². The van der Waals surface area contributed by atoms with Gasteiger partial charge in [0, 0.05) is 12.0 Å². The van der Waals surface area contributed by atoms with Crippen molar-refractivity contribution in [3.63, 3.8) is 0 Å². The fourth-order valence-electron chi connectivity index (χ4n) is 2.11. The number of halogens is 1. The first-order valence-electron chi connectivity index (χ1n) is 6.33. The number of nitrogens with zero attached hydrogens (tertiary/aromatic N) is 2. The van der Waals surface area contributed by atoms with E-state index in [9.17, 15) is 5.26 Å². The minimum atomic E-state index is -0.288. The molecule has 4 nitrogen and oxygen atoms in total. The van der Waals surface area contributed by atoms with Crippen LogP contribution in [0.4, 0.5) is 0 Å². The molecule has 2 rings (SSSR count). The van der Waals surface area contributed by atoms with E-state index in [0.29, 0.717) is 29.6 Å². The zero-order valence-corrected chi connectivity index (χ0v) is 12.1. The van der Waals surface area contributed by atoms with E-state index in [4.69, 9.17) is 20.9 Å². The van der Waals surface area contributed by atoms with Gasteiger partial charge in [-0.3, -0.25) is 0 Å². The van der Waals surface area contributed by atoms with Gasteiger partial charge in [0.1, 0.15) is 11.5 Å². The maximum atomic E-state index is 9.30. The molecular formula is C15H15ClN2O2. The predicted molar refractivity (Wildman–Crippen MR) is 75.9 cm³/mol. The van der Waals surface area contributed by atoms with Gasteiger partial charge in [-0.1, -0.05) is 28.9 Å². The minimum absolute atomic E-state index is 0.288. The number of aromatic nitrogens is 1. The maximum absolute atomic E-state index is 9.30. The van der Waals surface area contributed by atoms with Crippen LogP contribution in [-0.4, -0.2) is 11.8 Å². The van der Waals surface area contributed by atoms with Crippen molar-refractivity contribution in [1.82, 2.24) is 5.16 Å². The molecule has 1 aromatic heterocycles. The Morgan fingerprint density at radius 2 is 2.15 bits per heavy atom. The van der Waals surface area contributed by atoms with Crippen molar-refractivity contribution in [2.45, 2.75) is 26.2 Å². The van der Waals surface area contributed by atoms with Gasteiger partial charge in [0.05, 0.1) is 29.3 Å². The van der Waals surface area contributed by atoms with Gasteiger partial charge in [-0.25, -0.2) is 0 Å². The summed E-state index contributed by atoms with van der Waals surface area (Å²) in [5, 5.41) is 13.7. The highest BCUT2D eigenvalue weighted by Gasteiger charge is 2.20. The molecule has 0 N–H and O–H groups in total. The summed E-state index contributed by atoms with van der Waals surface area (Å²) in [5.41, 5.74) is 1.61. The van der Waals surface area contributed by atoms with Crippen LogP contribution in [0.3, 0.4) is 0 Å². The number of hydrogen-bond donors (Lipinski definition) is 0. The lowest BCUT2D eigenvalue weighted by Gasteiger charge is -2.11. The molecule has 1 heterocycles. The van der Waals surface area contributed by atoms with Crippen LogP contribution >= 0.6 is 11.6 Å². The third-order valence-electron chi connectivity index (χ3n) is 3.09. The van der Waals surface area contributed by atoms with E-state index < -0.39 is 0 Å². The molecule has 1 unspecified atom stereocenters. The van der Waals surface area contributed by atoms with Crippen LogP contribution in [0.1, 0.15) is 29.4 Å². The summed E-state index contributed by atoms with van der Waals surface area (Å²) >= 11 is 6.01. The Hall–Kier alpha value is -1.99. The van der Waals surface area contributed by atoms with Crippen LogP contribution in [0, 0.1) is 25.2 Å². The van der Waals surface area contributed by atoms with Crippen molar-refractivity contribution in [3.05, 3.63) is 46.3 Å². The molecule has 0 bridgehead atoms. The average Bonchev–Trinajstić information content (AvgIpc) is 2.77. The van der Waals surface area contributed by atoms with Gasteiger partial charge in [-0.15, -0.1) is 0 Å². The van der Waals surface area contributed by atoms with Crippen LogP contribution < -0.4 is 4.74 Å². The van der Waals surface area contributed by atoms with Gasteiger partial charge >= 0.3 is 0 Å². The van der Waals surface area contributed by atoms with E-state index >= 15 is 0 Å². The Bertz CT molecular complexity index is 612. The van der Waals surface area contributed by atoms with Crippen molar-refractivity contribution in [2.75, 3.05) is 6.61 Å². The molecule has 20 heavy (non-hydrogen) atoms. The highest BCUT2D eigenvalue weighted by molar-refractivity contribution is 6.32. The lowest BCUT2D eigenvalue weighted by atomic mass is 9.96. The van der Waals surface area contributed by atoms with Crippen LogP contribution in [0.2, 0.25) is 5.02 Å². The number of hydrogen-bond acceptors (Lipinski definition) is 4. The maximum Gasteiger partial charge on any atom is 0.138 e. The van der Waals surface area contributed by atoms with Crippen molar-refractivity contribution >= 4 is 11.6 Å². The summed E-state index contributed by atoms with van der Waals surface area (Å²) in [6, 6.07) is 9.55. The van der Waals surface area contributed by atoms with Gasteiger partial charge in [-0.2, -0.15) is 5.26 Å². The number of benzene rings is 1. The zero-order chi connectivity index (χ0) is 14.5. The van der Waals surface area contributed by atoms with Crippen molar-refractivity contribution in [3.8, 4) is 11.8 Å². The van der Waals surface area contributed by atoms with Crippen LogP contribution in [0.5, 0.6) is 5.75 Å². The van der Waals surface area contributed by atoms with E-state index in [2.05, 4.69) is 11.2 Å². The summed E-state index contributed by atoms with van der Waals surface area (Å²) in [4.78, 5) is 0. The van der Waals surface area contributed by atoms with Crippen LogP contribution in [0.25, 0.3) is 0 Å². The summed E-state index contributed by atoms with van der Waals surface area (Å²) in [6.07, 6.45) is 0.560. The highest BCUT2D eigenvalue weighted by atomic mass is 35.5. The number of para-hydroxylation sites is 1. The van der Waals surface area contributed by atoms with Crippen molar-refractivity contribution in [2.24, 2.45) is 0 Å². The number of rotatable bonds is 5. The summed E-state index contributed by atoms with van der Waals surface area (Å²) < 4.78 is 10.7. The number of aryl methyl sites for hydroxylation is 2. The summed E-state index contributed by atoms with van der Waals surface area (Å²) in [5.74, 6) is 1.03. The van der Waals surface area contributed by atoms with E-state index in [1.807, 2.05) is 26.0 Å². The molecule has 0 aliphatic rings. The quantitative estimate of drug-likeness (QED) is 0.834. The Kier molecular flexibility index (Phi) is 4.65. The Balaban J connectivity index is 1.99. The Labute approximate surface area is 122 Å². The second kappa shape index (κ2) is 6.44. The molecular weight excluding hydrogens is 276 g/mol. The Morgan fingerprint density at radius 1 is 1.40 bits per heavy atom. The fraction of sp³-hybridized carbons (Fsp3) is 0.333. The third kappa shape index (κ3) is 3.12. The second-order valence-electron chi connectivity index (χ2n) is 4.49. The molecule has 0 fully saturated rings. The first kappa shape index (κ1) is 14.4. The second-order valence-corrected chi connectivity index (χ2v) is 4.89. The van der Waals surface area contributed by atoms with Gasteiger partial charge in [0.2, 0.25) is 0 Å². The topological polar surface area (TPSA) is 59.0 Å². The minimum Gasteiger partial charge on any atom is -0.492 e. The van der Waals surface area contributed by atoms with Gasteiger partial charge in [-0.05, 0) is 26.0 Å². The van der Waals surface area contributed by atoms with Crippen LogP contribution in [0.15, 0.2) is 28.8 Å². The first-order valence-corrected chi connectivity index (χ1v) is 6.71. The third-order valence-corrected chi connectivity index (χ3v) is 3.41. The monoisotopic (exact) mass is 290 g/mol. The van der Waals surface area contributed by atoms with Gasteiger partial charge < -0.3 is 9.26 Å². The molecule has 2 aromatic rings. The highest BCUT2D eigenvalue weighted by Crippen LogP contribution is 2.27. The van der Waals surface area contributed by atoms with E-state index in [0.717, 1.165) is 11.3 Å². The molecule has 0 saturated heterocycles. The largest absolute Gasteiger partial charge is 0.492 e. The molecule has 0 radical (unpaired) electrons. The number of nitriles is 1. The molecule has 104 valence electrons.